The second kappa shape index (κ2) is 10.9. The second-order valence-corrected chi connectivity index (χ2v) is 7.23. The minimum absolute atomic E-state index is 0.137. The van der Waals surface area contributed by atoms with Crippen LogP contribution in [0.1, 0.15) is 23.2 Å². The average Bonchev–Trinajstić information content (AvgIpc) is 3.36. The Morgan fingerprint density at radius 2 is 1.62 bits per heavy atom. The molecule has 4 rings (SSSR count). The third-order valence-electron chi connectivity index (χ3n) is 4.90. The topological polar surface area (TPSA) is 104 Å². The maximum Gasteiger partial charge on any atom is 0.325 e. The van der Waals surface area contributed by atoms with E-state index in [0.29, 0.717) is 29.3 Å². The van der Waals surface area contributed by atoms with Gasteiger partial charge >= 0.3 is 5.97 Å². The summed E-state index contributed by atoms with van der Waals surface area (Å²) in [6.07, 6.45) is 0. The Bertz CT molecular complexity index is 1250. The predicted molar refractivity (Wildman–Crippen MR) is 125 cm³/mol. The van der Waals surface area contributed by atoms with E-state index >= 15 is 0 Å². The van der Waals surface area contributed by atoms with Gasteiger partial charge in [-0.15, -0.1) is 0 Å². The summed E-state index contributed by atoms with van der Waals surface area (Å²) in [6.45, 7) is 1.90. The van der Waals surface area contributed by atoms with E-state index in [1.165, 1.54) is 0 Å². The highest BCUT2D eigenvalue weighted by Crippen LogP contribution is 2.27. The van der Waals surface area contributed by atoms with E-state index in [-0.39, 0.29) is 24.9 Å². The fraction of sp³-hybridized carbons (Fsp3) is 0.154. The molecule has 0 bridgehead atoms. The van der Waals surface area contributed by atoms with Crippen LogP contribution in [-0.4, -0.2) is 35.2 Å². The molecule has 8 heteroatoms. The van der Waals surface area contributed by atoms with Crippen molar-refractivity contribution in [3.63, 3.8) is 0 Å². The molecule has 0 aliphatic rings. The molecule has 1 N–H and O–H groups in total. The predicted octanol–water partition coefficient (Wildman–Crippen LogP) is 4.28. The van der Waals surface area contributed by atoms with E-state index in [1.807, 2.05) is 73.7 Å². The number of ether oxygens (including phenoxy) is 2. The van der Waals surface area contributed by atoms with Gasteiger partial charge in [-0.25, -0.2) is 0 Å². The maximum atomic E-state index is 12.3. The van der Waals surface area contributed by atoms with Crippen molar-refractivity contribution < 1.29 is 23.6 Å². The lowest BCUT2D eigenvalue weighted by Gasteiger charge is -2.07. The molecule has 172 valence electrons. The highest BCUT2D eigenvalue weighted by atomic mass is 16.6. The summed E-state index contributed by atoms with van der Waals surface area (Å²) in [5.41, 5.74) is 3.18. The van der Waals surface area contributed by atoms with Gasteiger partial charge < -0.3 is 19.3 Å². The van der Waals surface area contributed by atoms with Gasteiger partial charge in [0, 0.05) is 5.56 Å². The zero-order valence-electron chi connectivity index (χ0n) is 18.6. The quantitative estimate of drug-likeness (QED) is 0.374. The molecule has 0 aliphatic heterocycles. The number of nitrogens with zero attached hydrogens (tertiary/aromatic N) is 2. The summed E-state index contributed by atoms with van der Waals surface area (Å²) < 4.78 is 15.9. The molecule has 1 heterocycles. The smallest absolute Gasteiger partial charge is 0.325 e. The van der Waals surface area contributed by atoms with Crippen molar-refractivity contribution in [1.82, 2.24) is 15.5 Å². The molecule has 34 heavy (non-hydrogen) atoms. The minimum atomic E-state index is -0.622. The van der Waals surface area contributed by atoms with Gasteiger partial charge in [0.15, 0.2) is 6.61 Å². The van der Waals surface area contributed by atoms with Crippen molar-refractivity contribution in [1.29, 1.82) is 0 Å². The molecule has 0 aliphatic carbocycles. The molecule has 0 radical (unpaired) electrons. The summed E-state index contributed by atoms with van der Waals surface area (Å²) in [7, 11) is 0. The fourth-order valence-electron chi connectivity index (χ4n) is 3.25. The minimum Gasteiger partial charge on any atom is -0.493 e. The van der Waals surface area contributed by atoms with Crippen LogP contribution < -0.4 is 10.1 Å². The normalized spacial score (nSPS) is 10.5. The zero-order valence-corrected chi connectivity index (χ0v) is 18.6. The second-order valence-electron chi connectivity index (χ2n) is 7.23. The van der Waals surface area contributed by atoms with Crippen LogP contribution in [0, 0.1) is 0 Å². The van der Waals surface area contributed by atoms with Crippen molar-refractivity contribution in [2.45, 2.75) is 13.5 Å². The summed E-state index contributed by atoms with van der Waals surface area (Å²) in [5.74, 6) is 0.113. The molecule has 0 atom stereocenters. The van der Waals surface area contributed by atoms with E-state index < -0.39 is 5.97 Å². The lowest BCUT2D eigenvalue weighted by molar-refractivity contribution is -0.144. The molecular formula is C26H23N3O5. The first kappa shape index (κ1) is 22.7. The van der Waals surface area contributed by atoms with Crippen molar-refractivity contribution in [2.75, 3.05) is 13.2 Å². The number of nitrogens with one attached hydrogen (secondary N) is 1. The summed E-state index contributed by atoms with van der Waals surface area (Å²) in [6, 6.07) is 24.3. The molecule has 1 aromatic heterocycles. The summed E-state index contributed by atoms with van der Waals surface area (Å²) in [4.78, 5) is 28.7. The monoisotopic (exact) mass is 457 g/mol. The van der Waals surface area contributed by atoms with Crippen LogP contribution in [0.5, 0.6) is 5.75 Å². The Labute approximate surface area is 196 Å². The number of hydrogen-bond donors (Lipinski definition) is 1. The molecule has 8 nitrogen and oxygen atoms in total. The molecular weight excluding hydrogens is 434 g/mol. The number of aromatic nitrogens is 2. The van der Waals surface area contributed by atoms with Crippen LogP contribution in [0.3, 0.4) is 0 Å². The largest absolute Gasteiger partial charge is 0.493 e. The Hall–Kier alpha value is -4.46. The van der Waals surface area contributed by atoms with Crippen LogP contribution in [0.25, 0.3) is 22.5 Å². The highest BCUT2D eigenvalue weighted by Gasteiger charge is 2.15. The van der Waals surface area contributed by atoms with Gasteiger partial charge in [-0.1, -0.05) is 59.8 Å². The van der Waals surface area contributed by atoms with Gasteiger partial charge in [-0.05, 0) is 42.3 Å². The molecule has 4 aromatic rings. The van der Waals surface area contributed by atoms with E-state index in [0.717, 1.165) is 11.1 Å². The Kier molecular flexibility index (Phi) is 7.29. The van der Waals surface area contributed by atoms with Gasteiger partial charge in [-0.2, -0.15) is 4.98 Å². The maximum absolute atomic E-state index is 12.3. The van der Waals surface area contributed by atoms with E-state index in [1.54, 1.807) is 12.1 Å². The van der Waals surface area contributed by atoms with Gasteiger partial charge in [0.05, 0.1) is 12.2 Å². The van der Waals surface area contributed by atoms with Gasteiger partial charge in [0.25, 0.3) is 11.8 Å². The number of rotatable bonds is 9. The number of para-hydroxylation sites is 1. The third kappa shape index (κ3) is 5.66. The van der Waals surface area contributed by atoms with Crippen LogP contribution in [-0.2, 0) is 16.1 Å². The Balaban J connectivity index is 1.27. The van der Waals surface area contributed by atoms with Crippen molar-refractivity contribution in [3.8, 4) is 28.3 Å². The first-order valence-electron chi connectivity index (χ1n) is 10.8. The number of carbonyl (C=O) groups is 2. The number of carbonyl (C=O) groups excluding carboxylic acids is 2. The molecule has 3 aromatic carbocycles. The van der Waals surface area contributed by atoms with Crippen LogP contribution in [0.4, 0.5) is 0 Å². The molecule has 1 amide bonds. The van der Waals surface area contributed by atoms with Crippen LogP contribution in [0.2, 0.25) is 0 Å². The molecule has 0 saturated heterocycles. The van der Waals surface area contributed by atoms with Gasteiger partial charge in [0.1, 0.15) is 12.3 Å². The molecule has 0 unspecified atom stereocenters. The van der Waals surface area contributed by atoms with Crippen molar-refractivity contribution in [2.24, 2.45) is 0 Å². The zero-order chi connectivity index (χ0) is 23.8. The first-order valence-corrected chi connectivity index (χ1v) is 10.8. The van der Waals surface area contributed by atoms with E-state index in [9.17, 15) is 9.59 Å². The number of hydrogen-bond acceptors (Lipinski definition) is 7. The lowest BCUT2D eigenvalue weighted by atomic mass is 10.0. The average molecular weight is 457 g/mol. The summed E-state index contributed by atoms with van der Waals surface area (Å²) in [5, 5.41) is 6.47. The van der Waals surface area contributed by atoms with Crippen molar-refractivity contribution in [3.05, 3.63) is 90.3 Å². The fourth-order valence-corrected chi connectivity index (χ4v) is 3.25. The summed E-state index contributed by atoms with van der Waals surface area (Å²) >= 11 is 0. The van der Waals surface area contributed by atoms with Crippen LogP contribution in [0.15, 0.2) is 83.4 Å². The Morgan fingerprint density at radius 1 is 0.912 bits per heavy atom. The number of esters is 1. The Morgan fingerprint density at radius 3 is 2.38 bits per heavy atom. The number of amides is 1. The SMILES string of the molecule is CCOc1ccccc1-c1noc(COC(=O)CNC(=O)c2ccc(-c3ccccc3)cc2)n1. The number of benzene rings is 3. The van der Waals surface area contributed by atoms with Crippen molar-refractivity contribution >= 4 is 11.9 Å². The van der Waals surface area contributed by atoms with Crippen LogP contribution >= 0.6 is 0 Å². The van der Waals surface area contributed by atoms with E-state index in [4.69, 9.17) is 14.0 Å². The standard InChI is InChI=1S/C26H23N3O5/c1-2-32-22-11-7-6-10-21(22)25-28-23(34-29-25)17-33-24(30)16-27-26(31)20-14-12-19(13-15-20)18-8-4-3-5-9-18/h3-15H,2,16-17H2,1H3,(H,27,31). The lowest BCUT2D eigenvalue weighted by Crippen LogP contribution is -2.30. The van der Waals surface area contributed by atoms with E-state index in [2.05, 4.69) is 15.5 Å². The molecule has 0 fully saturated rings. The molecule has 0 spiro atoms. The molecule has 0 saturated carbocycles. The highest BCUT2D eigenvalue weighted by molar-refractivity contribution is 5.96. The van der Waals surface area contributed by atoms with Gasteiger partial charge in [0.2, 0.25) is 5.82 Å². The third-order valence-corrected chi connectivity index (χ3v) is 4.90. The van der Waals surface area contributed by atoms with Gasteiger partial charge in [-0.3, -0.25) is 9.59 Å². The first-order chi connectivity index (χ1) is 16.6.